The SMILES string of the molecule is CNc1cc(Nc2cc(-c3ccc4c(cnn4C)c3)ncn2)c(OC)cc1N1CCN(C)C(C)C1. The van der Waals surface area contributed by atoms with Crippen molar-refractivity contribution in [3.8, 4) is 17.0 Å². The maximum Gasteiger partial charge on any atom is 0.144 e. The first-order chi connectivity index (χ1) is 17.0. The zero-order valence-corrected chi connectivity index (χ0v) is 20.9. The molecular weight excluding hydrogens is 440 g/mol. The molecule has 1 unspecified atom stereocenters. The largest absolute Gasteiger partial charge is 0.494 e. The fourth-order valence-corrected chi connectivity index (χ4v) is 4.61. The van der Waals surface area contributed by atoms with E-state index in [2.05, 4.69) is 79.8 Å². The monoisotopic (exact) mass is 472 g/mol. The van der Waals surface area contributed by atoms with E-state index in [1.165, 1.54) is 0 Å². The van der Waals surface area contributed by atoms with Crippen molar-refractivity contribution in [2.24, 2.45) is 7.05 Å². The highest BCUT2D eigenvalue weighted by Gasteiger charge is 2.24. The summed E-state index contributed by atoms with van der Waals surface area (Å²) < 4.78 is 7.65. The Morgan fingerprint density at radius 1 is 1.03 bits per heavy atom. The Kier molecular flexibility index (Phi) is 6.17. The molecule has 0 spiro atoms. The Morgan fingerprint density at radius 3 is 2.66 bits per heavy atom. The van der Waals surface area contributed by atoms with Gasteiger partial charge in [0.2, 0.25) is 0 Å². The number of fused-ring (bicyclic) bond motifs is 1. The third kappa shape index (κ3) is 4.46. The van der Waals surface area contributed by atoms with Crippen LogP contribution in [-0.4, -0.2) is 71.5 Å². The Hall–Kier alpha value is -3.85. The molecule has 0 amide bonds. The van der Waals surface area contributed by atoms with Crippen LogP contribution in [0, 0.1) is 0 Å². The van der Waals surface area contributed by atoms with Gasteiger partial charge in [-0.1, -0.05) is 6.07 Å². The average Bonchev–Trinajstić information content (AvgIpc) is 3.25. The number of benzene rings is 2. The van der Waals surface area contributed by atoms with Crippen LogP contribution in [0.3, 0.4) is 0 Å². The summed E-state index contributed by atoms with van der Waals surface area (Å²) in [5.74, 6) is 1.46. The first kappa shape index (κ1) is 22.9. The molecule has 0 radical (unpaired) electrons. The first-order valence-corrected chi connectivity index (χ1v) is 11.8. The van der Waals surface area contributed by atoms with Crippen LogP contribution in [0.4, 0.5) is 22.9 Å². The van der Waals surface area contributed by atoms with Crippen LogP contribution in [0.5, 0.6) is 5.75 Å². The lowest BCUT2D eigenvalue weighted by Gasteiger charge is -2.39. The summed E-state index contributed by atoms with van der Waals surface area (Å²) in [7, 11) is 7.77. The van der Waals surface area contributed by atoms with Crippen molar-refractivity contribution in [2.75, 3.05) is 56.4 Å². The third-order valence-electron chi connectivity index (χ3n) is 6.86. The van der Waals surface area contributed by atoms with Crippen molar-refractivity contribution in [3.05, 3.63) is 48.9 Å². The molecule has 1 aliphatic rings. The number of ether oxygens (including phenoxy) is 1. The molecule has 0 aliphatic carbocycles. The van der Waals surface area contributed by atoms with E-state index < -0.39 is 0 Å². The van der Waals surface area contributed by atoms with Gasteiger partial charge in [-0.05, 0) is 32.2 Å². The van der Waals surface area contributed by atoms with Gasteiger partial charge in [0, 0.05) is 62.9 Å². The lowest BCUT2D eigenvalue weighted by Crippen LogP contribution is -2.50. The van der Waals surface area contributed by atoms with Crippen molar-refractivity contribution < 1.29 is 4.74 Å². The van der Waals surface area contributed by atoms with E-state index in [0.717, 1.165) is 64.6 Å². The lowest BCUT2D eigenvalue weighted by molar-refractivity contribution is 0.234. The second kappa shape index (κ2) is 9.42. The topological polar surface area (TPSA) is 83.4 Å². The van der Waals surface area contributed by atoms with E-state index in [4.69, 9.17) is 4.74 Å². The van der Waals surface area contributed by atoms with E-state index in [1.807, 2.05) is 31.0 Å². The zero-order valence-electron chi connectivity index (χ0n) is 20.9. The number of methoxy groups -OCH3 is 1. The molecule has 2 aromatic carbocycles. The number of aromatic nitrogens is 4. The summed E-state index contributed by atoms with van der Waals surface area (Å²) in [6.07, 6.45) is 3.45. The quantitative estimate of drug-likeness (QED) is 0.436. The van der Waals surface area contributed by atoms with E-state index in [1.54, 1.807) is 13.4 Å². The third-order valence-corrected chi connectivity index (χ3v) is 6.86. The van der Waals surface area contributed by atoms with Crippen LogP contribution in [-0.2, 0) is 7.05 Å². The van der Waals surface area contributed by atoms with Gasteiger partial charge in [-0.15, -0.1) is 0 Å². The highest BCUT2D eigenvalue weighted by molar-refractivity contribution is 5.85. The highest BCUT2D eigenvalue weighted by Crippen LogP contribution is 2.39. The predicted molar refractivity (Wildman–Crippen MR) is 142 cm³/mol. The van der Waals surface area contributed by atoms with Crippen LogP contribution in [0.25, 0.3) is 22.2 Å². The maximum atomic E-state index is 5.78. The summed E-state index contributed by atoms with van der Waals surface area (Å²) in [6.45, 7) is 5.23. The van der Waals surface area contributed by atoms with Crippen LogP contribution in [0.2, 0.25) is 0 Å². The van der Waals surface area contributed by atoms with E-state index in [0.29, 0.717) is 11.9 Å². The van der Waals surface area contributed by atoms with Gasteiger partial charge >= 0.3 is 0 Å². The molecule has 9 heteroatoms. The second-order valence-electron chi connectivity index (χ2n) is 9.05. The first-order valence-electron chi connectivity index (χ1n) is 11.8. The van der Waals surface area contributed by atoms with Crippen LogP contribution < -0.4 is 20.3 Å². The van der Waals surface area contributed by atoms with Crippen LogP contribution in [0.1, 0.15) is 6.92 Å². The molecule has 0 bridgehead atoms. The molecule has 2 aromatic heterocycles. The van der Waals surface area contributed by atoms with Crippen molar-refractivity contribution in [1.29, 1.82) is 0 Å². The summed E-state index contributed by atoms with van der Waals surface area (Å²) >= 11 is 0. The van der Waals surface area contributed by atoms with Gasteiger partial charge in [0.05, 0.1) is 41.6 Å². The normalized spacial score (nSPS) is 16.5. The zero-order chi connectivity index (χ0) is 24.5. The van der Waals surface area contributed by atoms with Gasteiger partial charge in [-0.2, -0.15) is 5.10 Å². The molecule has 2 N–H and O–H groups in total. The number of aryl methyl sites for hydroxylation is 1. The van der Waals surface area contributed by atoms with Crippen molar-refractivity contribution in [1.82, 2.24) is 24.6 Å². The van der Waals surface area contributed by atoms with Crippen molar-refractivity contribution in [2.45, 2.75) is 13.0 Å². The summed E-state index contributed by atoms with van der Waals surface area (Å²) in [4.78, 5) is 13.8. The minimum Gasteiger partial charge on any atom is -0.494 e. The van der Waals surface area contributed by atoms with Crippen LogP contribution in [0.15, 0.2) is 48.9 Å². The number of nitrogens with zero attached hydrogens (tertiary/aromatic N) is 6. The molecule has 0 saturated carbocycles. The van der Waals surface area contributed by atoms with E-state index in [-0.39, 0.29) is 0 Å². The highest BCUT2D eigenvalue weighted by atomic mass is 16.5. The minimum atomic E-state index is 0.489. The molecular formula is C26H32N8O. The predicted octanol–water partition coefficient (Wildman–Crippen LogP) is 3.96. The number of anilines is 4. The second-order valence-corrected chi connectivity index (χ2v) is 9.05. The molecule has 1 saturated heterocycles. The number of nitrogens with one attached hydrogen (secondary N) is 2. The standard InChI is InChI=1S/C26H32N8O/c1-17-15-34(9-8-32(17)3)24-13-25(35-5)22(11-21(24)27-2)31-26-12-20(28-16-29-26)18-6-7-23-19(10-18)14-30-33(23)4/h6-7,10-14,16-17,27H,8-9,15H2,1-5H3,(H,28,29,31). The number of hydrogen-bond acceptors (Lipinski definition) is 8. The Bertz CT molecular complexity index is 1350. The van der Waals surface area contributed by atoms with Gasteiger partial charge < -0.3 is 25.2 Å². The molecule has 182 valence electrons. The smallest absolute Gasteiger partial charge is 0.144 e. The lowest BCUT2D eigenvalue weighted by atomic mass is 10.1. The molecule has 4 aromatic rings. The van der Waals surface area contributed by atoms with E-state index in [9.17, 15) is 0 Å². The van der Waals surface area contributed by atoms with Gasteiger partial charge in [-0.3, -0.25) is 4.68 Å². The Morgan fingerprint density at radius 2 is 1.89 bits per heavy atom. The number of rotatable bonds is 6. The van der Waals surface area contributed by atoms with Gasteiger partial charge in [0.1, 0.15) is 17.9 Å². The minimum absolute atomic E-state index is 0.489. The van der Waals surface area contributed by atoms with Crippen LogP contribution >= 0.6 is 0 Å². The maximum absolute atomic E-state index is 5.78. The molecule has 1 fully saturated rings. The number of piperazine rings is 1. The average molecular weight is 473 g/mol. The van der Waals surface area contributed by atoms with Gasteiger partial charge in [-0.25, -0.2) is 9.97 Å². The van der Waals surface area contributed by atoms with Gasteiger partial charge in [0.15, 0.2) is 0 Å². The van der Waals surface area contributed by atoms with Crippen molar-refractivity contribution >= 4 is 33.8 Å². The van der Waals surface area contributed by atoms with Gasteiger partial charge in [0.25, 0.3) is 0 Å². The molecule has 3 heterocycles. The Labute approximate surface area is 205 Å². The molecule has 5 rings (SSSR count). The molecule has 9 nitrogen and oxygen atoms in total. The molecule has 1 atom stereocenters. The Balaban J connectivity index is 1.44. The number of likely N-dealkylation sites (N-methyl/N-ethyl adjacent to an activating group) is 1. The van der Waals surface area contributed by atoms with Crippen molar-refractivity contribution in [3.63, 3.8) is 0 Å². The molecule has 1 aliphatic heterocycles. The van der Waals surface area contributed by atoms with E-state index >= 15 is 0 Å². The summed E-state index contributed by atoms with van der Waals surface area (Å²) in [5, 5.41) is 12.2. The molecule has 35 heavy (non-hydrogen) atoms. The number of hydrogen-bond donors (Lipinski definition) is 2. The summed E-state index contributed by atoms with van der Waals surface area (Å²) in [6, 6.07) is 12.8. The fraction of sp³-hybridized carbons (Fsp3) is 0.346. The fourth-order valence-electron chi connectivity index (χ4n) is 4.61. The summed E-state index contributed by atoms with van der Waals surface area (Å²) in [5.41, 5.74) is 5.96.